The fraction of sp³-hybridized carbons (Fsp3) is 0.238. The molecule has 0 aliphatic rings. The van der Waals surface area contributed by atoms with Gasteiger partial charge in [0.25, 0.3) is 5.91 Å². The second kappa shape index (κ2) is 8.58. The molecule has 4 nitrogen and oxygen atoms in total. The molecule has 4 aromatic rings. The minimum Gasteiger partial charge on any atom is -0.309 e. The molecule has 8 heteroatoms. The van der Waals surface area contributed by atoms with Gasteiger partial charge in [-0.15, -0.1) is 11.3 Å². The monoisotopic (exact) mass is 463 g/mol. The van der Waals surface area contributed by atoms with E-state index in [-0.39, 0.29) is 5.91 Å². The fourth-order valence-corrected chi connectivity index (χ4v) is 5.87. The number of thiazole rings is 1. The van der Waals surface area contributed by atoms with Crippen LogP contribution in [0.5, 0.6) is 0 Å². The van der Waals surface area contributed by atoms with Crippen molar-refractivity contribution in [3.8, 4) is 0 Å². The van der Waals surface area contributed by atoms with Crippen LogP contribution in [0, 0.1) is 0 Å². The molecule has 0 spiro atoms. The lowest BCUT2D eigenvalue weighted by Crippen LogP contribution is -2.33. The SMILES string of the molecule is CN(C)CCCN(C(=O)c1sc2ccccc2c1Cl)c1nc2c(Cl)cccc2s1. The molecule has 0 saturated heterocycles. The lowest BCUT2D eigenvalue weighted by molar-refractivity contribution is 0.0990. The number of halogens is 2. The molecule has 0 radical (unpaired) electrons. The van der Waals surface area contributed by atoms with Gasteiger partial charge in [0.1, 0.15) is 10.4 Å². The van der Waals surface area contributed by atoms with Crippen molar-refractivity contribution in [2.75, 3.05) is 32.1 Å². The summed E-state index contributed by atoms with van der Waals surface area (Å²) in [6.07, 6.45) is 0.824. The molecule has 0 atom stereocenters. The zero-order valence-electron chi connectivity index (χ0n) is 16.0. The second-order valence-corrected chi connectivity index (χ2v) is 9.78. The predicted octanol–water partition coefficient (Wildman–Crippen LogP) is 6.42. The summed E-state index contributed by atoms with van der Waals surface area (Å²) in [5.41, 5.74) is 0.724. The van der Waals surface area contributed by atoms with Gasteiger partial charge in [0.15, 0.2) is 5.13 Å². The average molecular weight is 464 g/mol. The molecule has 4 rings (SSSR count). The molecule has 2 aromatic carbocycles. The molecule has 0 unspecified atom stereocenters. The van der Waals surface area contributed by atoms with Crippen LogP contribution >= 0.6 is 45.9 Å². The quantitative estimate of drug-likeness (QED) is 0.331. The van der Waals surface area contributed by atoms with Gasteiger partial charge in [-0.3, -0.25) is 9.69 Å². The first kappa shape index (κ1) is 20.6. The molecule has 150 valence electrons. The highest BCUT2D eigenvalue weighted by molar-refractivity contribution is 7.23. The van der Waals surface area contributed by atoms with E-state index in [9.17, 15) is 4.79 Å². The Morgan fingerprint density at radius 1 is 1.00 bits per heavy atom. The molecule has 0 saturated carbocycles. The Morgan fingerprint density at radius 2 is 1.76 bits per heavy atom. The highest BCUT2D eigenvalue weighted by Crippen LogP contribution is 2.38. The molecule has 0 aliphatic carbocycles. The van der Waals surface area contributed by atoms with Gasteiger partial charge < -0.3 is 4.90 Å². The van der Waals surface area contributed by atoms with Crippen LogP contribution in [-0.2, 0) is 0 Å². The van der Waals surface area contributed by atoms with Gasteiger partial charge in [0, 0.05) is 16.6 Å². The summed E-state index contributed by atoms with van der Waals surface area (Å²) in [5, 5.41) is 2.64. The molecule has 0 fully saturated rings. The van der Waals surface area contributed by atoms with Gasteiger partial charge in [-0.05, 0) is 45.3 Å². The molecule has 1 amide bonds. The first-order chi connectivity index (χ1) is 14.0. The first-order valence-corrected chi connectivity index (χ1v) is 11.5. The van der Waals surface area contributed by atoms with E-state index in [1.807, 2.05) is 56.6 Å². The van der Waals surface area contributed by atoms with E-state index in [1.54, 1.807) is 4.90 Å². The third kappa shape index (κ3) is 4.13. The van der Waals surface area contributed by atoms with Gasteiger partial charge in [-0.25, -0.2) is 4.98 Å². The number of carbonyl (C=O) groups excluding carboxylic acids is 1. The molecule has 2 heterocycles. The smallest absolute Gasteiger partial charge is 0.271 e. The van der Waals surface area contributed by atoms with Crippen LogP contribution in [0.25, 0.3) is 20.3 Å². The van der Waals surface area contributed by atoms with Crippen molar-refractivity contribution < 1.29 is 4.79 Å². The van der Waals surface area contributed by atoms with Gasteiger partial charge in [-0.2, -0.15) is 0 Å². The van der Waals surface area contributed by atoms with Crippen LogP contribution in [0.1, 0.15) is 16.1 Å². The number of carbonyl (C=O) groups is 1. The molecule has 0 bridgehead atoms. The number of amides is 1. The molecule has 0 aliphatic heterocycles. The van der Waals surface area contributed by atoms with Crippen molar-refractivity contribution in [3.63, 3.8) is 0 Å². The van der Waals surface area contributed by atoms with E-state index >= 15 is 0 Å². The van der Waals surface area contributed by atoms with Gasteiger partial charge in [-0.1, -0.05) is 58.8 Å². The second-order valence-electron chi connectivity index (χ2n) is 6.94. The first-order valence-electron chi connectivity index (χ1n) is 9.14. The fourth-order valence-electron chi connectivity index (χ4n) is 3.12. The maximum absolute atomic E-state index is 13.5. The van der Waals surface area contributed by atoms with Crippen LogP contribution in [0.2, 0.25) is 10.0 Å². The Morgan fingerprint density at radius 3 is 2.48 bits per heavy atom. The number of fused-ring (bicyclic) bond motifs is 2. The van der Waals surface area contributed by atoms with Crippen molar-refractivity contribution in [1.82, 2.24) is 9.88 Å². The summed E-state index contributed by atoms with van der Waals surface area (Å²) >= 11 is 15.8. The predicted molar refractivity (Wildman–Crippen MR) is 126 cm³/mol. The summed E-state index contributed by atoms with van der Waals surface area (Å²) in [5.74, 6) is -0.120. The Labute approximate surface area is 187 Å². The molecule has 29 heavy (non-hydrogen) atoms. The number of benzene rings is 2. The number of hydrogen-bond donors (Lipinski definition) is 0. The number of aromatic nitrogens is 1. The Balaban J connectivity index is 1.75. The number of anilines is 1. The minimum absolute atomic E-state index is 0.120. The van der Waals surface area contributed by atoms with Crippen LogP contribution in [0.15, 0.2) is 42.5 Å². The van der Waals surface area contributed by atoms with E-state index in [4.69, 9.17) is 23.2 Å². The molecule has 2 aromatic heterocycles. The van der Waals surface area contributed by atoms with Crippen molar-refractivity contribution in [2.45, 2.75) is 6.42 Å². The third-order valence-corrected chi connectivity index (χ3v) is 7.56. The number of para-hydroxylation sites is 1. The van der Waals surface area contributed by atoms with E-state index in [0.29, 0.717) is 26.6 Å². The van der Waals surface area contributed by atoms with Gasteiger partial charge in [0.2, 0.25) is 0 Å². The van der Waals surface area contributed by atoms with Crippen molar-refractivity contribution in [3.05, 3.63) is 57.4 Å². The summed E-state index contributed by atoms with van der Waals surface area (Å²) < 4.78 is 1.96. The highest BCUT2D eigenvalue weighted by Gasteiger charge is 2.26. The minimum atomic E-state index is -0.120. The number of hydrogen-bond acceptors (Lipinski definition) is 5. The Kier molecular flexibility index (Phi) is 6.08. The maximum Gasteiger partial charge on any atom is 0.271 e. The summed E-state index contributed by atoms with van der Waals surface area (Å²) in [4.78, 5) is 22.6. The van der Waals surface area contributed by atoms with Crippen molar-refractivity contribution >= 4 is 77.2 Å². The molecule has 0 N–H and O–H groups in total. The summed E-state index contributed by atoms with van der Waals surface area (Å²) in [6, 6.07) is 13.5. The van der Waals surface area contributed by atoms with E-state index < -0.39 is 0 Å². The standard InChI is InChI=1S/C21H19Cl2N3OS2/c1-25(2)11-6-12-26(21-24-18-14(22)8-5-10-16(18)29-21)20(27)19-17(23)13-7-3-4-9-15(13)28-19/h3-5,7-10H,6,11-12H2,1-2H3. The van der Waals surface area contributed by atoms with Crippen molar-refractivity contribution in [1.29, 1.82) is 0 Å². The maximum atomic E-state index is 13.5. The molecular formula is C21H19Cl2N3OS2. The zero-order chi connectivity index (χ0) is 20.5. The topological polar surface area (TPSA) is 36.4 Å². The van der Waals surface area contributed by atoms with Crippen LogP contribution in [0.3, 0.4) is 0 Å². The highest BCUT2D eigenvalue weighted by atomic mass is 35.5. The average Bonchev–Trinajstić information content (AvgIpc) is 3.27. The third-order valence-electron chi connectivity index (χ3n) is 4.55. The zero-order valence-corrected chi connectivity index (χ0v) is 19.1. The van der Waals surface area contributed by atoms with Crippen LogP contribution < -0.4 is 4.90 Å². The number of rotatable bonds is 6. The normalized spacial score (nSPS) is 11.6. The van der Waals surface area contributed by atoms with E-state index in [2.05, 4.69) is 9.88 Å². The number of thiophene rings is 1. The van der Waals surface area contributed by atoms with Gasteiger partial charge >= 0.3 is 0 Å². The Bertz CT molecular complexity index is 1190. The van der Waals surface area contributed by atoms with Crippen LogP contribution in [0.4, 0.5) is 5.13 Å². The van der Waals surface area contributed by atoms with Crippen LogP contribution in [-0.4, -0.2) is 43.0 Å². The number of nitrogens with zero attached hydrogens (tertiary/aromatic N) is 3. The van der Waals surface area contributed by atoms with E-state index in [0.717, 1.165) is 33.3 Å². The largest absolute Gasteiger partial charge is 0.309 e. The Hall–Kier alpha value is -1.70. The summed E-state index contributed by atoms with van der Waals surface area (Å²) in [6.45, 7) is 1.43. The summed E-state index contributed by atoms with van der Waals surface area (Å²) in [7, 11) is 4.04. The lowest BCUT2D eigenvalue weighted by Gasteiger charge is -2.20. The lowest BCUT2D eigenvalue weighted by atomic mass is 10.2. The molecular weight excluding hydrogens is 445 g/mol. The van der Waals surface area contributed by atoms with E-state index in [1.165, 1.54) is 22.7 Å². The van der Waals surface area contributed by atoms with Crippen molar-refractivity contribution in [2.24, 2.45) is 0 Å². The van der Waals surface area contributed by atoms with Gasteiger partial charge in [0.05, 0.1) is 14.7 Å².